The van der Waals surface area contributed by atoms with Crippen LogP contribution in [0.2, 0.25) is 0 Å². The SMILES string of the molecule is C=CCn1c(SCC(=O)NC(=O)NCCCC)nc2sc3c(c2c1=O)CCC(C)C3. The summed E-state index contributed by atoms with van der Waals surface area (Å²) < 4.78 is 1.57. The van der Waals surface area contributed by atoms with Crippen molar-refractivity contribution in [1.29, 1.82) is 0 Å². The Morgan fingerprint density at radius 2 is 2.23 bits per heavy atom. The number of hydrogen-bond donors (Lipinski definition) is 2. The van der Waals surface area contributed by atoms with Crippen molar-refractivity contribution < 1.29 is 9.59 Å². The third kappa shape index (κ3) is 5.13. The molecule has 0 fully saturated rings. The molecule has 1 atom stereocenters. The van der Waals surface area contributed by atoms with Crippen LogP contribution in [-0.2, 0) is 24.2 Å². The smallest absolute Gasteiger partial charge is 0.321 e. The number of imide groups is 1. The van der Waals surface area contributed by atoms with Gasteiger partial charge in [-0.25, -0.2) is 9.78 Å². The first-order valence-electron chi connectivity index (χ1n) is 10.3. The summed E-state index contributed by atoms with van der Waals surface area (Å²) in [6.45, 7) is 8.86. The number of unbranched alkanes of at least 4 members (excludes halogenated alkanes) is 1. The second-order valence-electron chi connectivity index (χ2n) is 7.58. The number of allylic oxidation sites excluding steroid dienone is 1. The van der Waals surface area contributed by atoms with E-state index in [0.717, 1.165) is 54.3 Å². The molecule has 3 rings (SSSR count). The number of aryl methyl sites for hydroxylation is 1. The quantitative estimate of drug-likeness (QED) is 0.279. The molecule has 3 amide bonds. The maximum Gasteiger partial charge on any atom is 0.321 e. The number of rotatable bonds is 8. The Bertz CT molecular complexity index is 1010. The minimum Gasteiger partial charge on any atom is -0.338 e. The largest absolute Gasteiger partial charge is 0.338 e. The van der Waals surface area contributed by atoms with Gasteiger partial charge in [0.2, 0.25) is 5.91 Å². The lowest BCUT2D eigenvalue weighted by Gasteiger charge is -2.17. The topological polar surface area (TPSA) is 93.1 Å². The normalized spacial score (nSPS) is 15.6. The summed E-state index contributed by atoms with van der Waals surface area (Å²) in [6.07, 6.45) is 6.44. The highest BCUT2D eigenvalue weighted by Crippen LogP contribution is 2.36. The molecule has 0 aromatic carbocycles. The van der Waals surface area contributed by atoms with Crippen molar-refractivity contribution >= 4 is 45.3 Å². The van der Waals surface area contributed by atoms with Crippen molar-refractivity contribution in [3.8, 4) is 0 Å². The van der Waals surface area contributed by atoms with Gasteiger partial charge in [0.15, 0.2) is 5.16 Å². The number of nitrogens with one attached hydrogen (secondary N) is 2. The number of carbonyl (C=O) groups is 2. The highest BCUT2D eigenvalue weighted by molar-refractivity contribution is 7.99. The fourth-order valence-electron chi connectivity index (χ4n) is 3.52. The third-order valence-corrected chi connectivity index (χ3v) is 7.22. The van der Waals surface area contributed by atoms with Crippen molar-refractivity contribution in [2.24, 2.45) is 5.92 Å². The summed E-state index contributed by atoms with van der Waals surface area (Å²) in [5.74, 6) is 0.188. The van der Waals surface area contributed by atoms with Crippen LogP contribution in [0.1, 0.15) is 43.6 Å². The van der Waals surface area contributed by atoms with E-state index in [-0.39, 0.29) is 11.3 Å². The van der Waals surface area contributed by atoms with Crippen LogP contribution >= 0.6 is 23.1 Å². The molecule has 162 valence electrons. The third-order valence-electron chi connectivity index (χ3n) is 5.09. The van der Waals surface area contributed by atoms with Crippen molar-refractivity contribution in [1.82, 2.24) is 20.2 Å². The number of hydrogen-bond acceptors (Lipinski definition) is 6. The maximum absolute atomic E-state index is 13.2. The fraction of sp³-hybridized carbons (Fsp3) is 0.524. The fourth-order valence-corrected chi connectivity index (χ4v) is 5.75. The van der Waals surface area contributed by atoms with E-state index in [4.69, 9.17) is 4.98 Å². The Labute approximate surface area is 184 Å². The van der Waals surface area contributed by atoms with Crippen molar-refractivity contribution in [3.63, 3.8) is 0 Å². The first kappa shape index (κ1) is 22.6. The van der Waals surface area contributed by atoms with Gasteiger partial charge < -0.3 is 5.32 Å². The van der Waals surface area contributed by atoms with E-state index in [2.05, 4.69) is 24.1 Å². The van der Waals surface area contributed by atoms with Gasteiger partial charge in [0.1, 0.15) is 4.83 Å². The van der Waals surface area contributed by atoms with E-state index in [0.29, 0.717) is 29.6 Å². The molecule has 7 nitrogen and oxygen atoms in total. The molecule has 1 aliphatic rings. The van der Waals surface area contributed by atoms with Gasteiger partial charge in [0, 0.05) is 18.0 Å². The average molecular weight is 449 g/mol. The van der Waals surface area contributed by atoms with Gasteiger partial charge in [0.25, 0.3) is 5.56 Å². The van der Waals surface area contributed by atoms with Gasteiger partial charge in [-0.05, 0) is 37.2 Å². The van der Waals surface area contributed by atoms with E-state index in [9.17, 15) is 14.4 Å². The Morgan fingerprint density at radius 1 is 1.43 bits per heavy atom. The summed E-state index contributed by atoms with van der Waals surface area (Å²) in [5.41, 5.74) is 1.06. The molecular formula is C21H28N4O3S2. The van der Waals surface area contributed by atoms with Gasteiger partial charge in [0.05, 0.1) is 11.1 Å². The predicted octanol–water partition coefficient (Wildman–Crippen LogP) is 3.49. The summed E-state index contributed by atoms with van der Waals surface area (Å²) in [7, 11) is 0. The molecule has 2 aromatic rings. The lowest BCUT2D eigenvalue weighted by molar-refractivity contribution is -0.117. The zero-order valence-electron chi connectivity index (χ0n) is 17.5. The number of thioether (sulfide) groups is 1. The molecule has 2 heterocycles. The number of fused-ring (bicyclic) bond motifs is 3. The van der Waals surface area contributed by atoms with Crippen molar-refractivity contribution in [3.05, 3.63) is 33.4 Å². The zero-order valence-corrected chi connectivity index (χ0v) is 19.1. The Balaban J connectivity index is 1.79. The molecule has 0 saturated carbocycles. The summed E-state index contributed by atoms with van der Waals surface area (Å²) >= 11 is 2.75. The van der Waals surface area contributed by atoms with Gasteiger partial charge in [-0.1, -0.05) is 38.1 Å². The molecule has 2 aromatic heterocycles. The van der Waals surface area contributed by atoms with Crippen LogP contribution in [0.15, 0.2) is 22.6 Å². The highest BCUT2D eigenvalue weighted by Gasteiger charge is 2.24. The number of urea groups is 1. The summed E-state index contributed by atoms with van der Waals surface area (Å²) in [4.78, 5) is 43.8. The van der Waals surface area contributed by atoms with E-state index >= 15 is 0 Å². The molecule has 0 aliphatic heterocycles. The second-order valence-corrected chi connectivity index (χ2v) is 9.60. The van der Waals surface area contributed by atoms with Gasteiger partial charge in [-0.3, -0.25) is 19.5 Å². The molecule has 2 N–H and O–H groups in total. The molecule has 0 spiro atoms. The van der Waals surface area contributed by atoms with Crippen LogP contribution in [-0.4, -0.2) is 33.8 Å². The zero-order chi connectivity index (χ0) is 21.7. The lowest BCUT2D eigenvalue weighted by atomic mass is 9.89. The number of amides is 3. The van der Waals surface area contributed by atoms with Crippen LogP contribution in [0.4, 0.5) is 4.79 Å². The monoisotopic (exact) mass is 448 g/mol. The molecular weight excluding hydrogens is 420 g/mol. The lowest BCUT2D eigenvalue weighted by Crippen LogP contribution is -2.40. The number of nitrogens with zero attached hydrogens (tertiary/aromatic N) is 2. The minimum atomic E-state index is -0.499. The molecule has 0 saturated heterocycles. The number of aromatic nitrogens is 2. The Kier molecular flexibility index (Phi) is 7.71. The first-order valence-corrected chi connectivity index (χ1v) is 12.1. The van der Waals surface area contributed by atoms with E-state index in [1.807, 2.05) is 6.92 Å². The molecule has 1 unspecified atom stereocenters. The highest BCUT2D eigenvalue weighted by atomic mass is 32.2. The first-order chi connectivity index (χ1) is 14.4. The van der Waals surface area contributed by atoms with E-state index in [1.54, 1.807) is 22.0 Å². The number of carbonyl (C=O) groups excluding carboxylic acids is 2. The van der Waals surface area contributed by atoms with Crippen molar-refractivity contribution in [2.75, 3.05) is 12.3 Å². The Hall–Kier alpha value is -2.13. The van der Waals surface area contributed by atoms with Gasteiger partial charge in [-0.15, -0.1) is 17.9 Å². The number of thiophene rings is 1. The predicted molar refractivity (Wildman–Crippen MR) is 122 cm³/mol. The second kappa shape index (κ2) is 10.3. The van der Waals surface area contributed by atoms with Crippen LogP contribution in [0.25, 0.3) is 10.2 Å². The maximum atomic E-state index is 13.2. The van der Waals surface area contributed by atoms with Gasteiger partial charge >= 0.3 is 6.03 Å². The van der Waals surface area contributed by atoms with Crippen LogP contribution in [0.3, 0.4) is 0 Å². The molecule has 1 aliphatic carbocycles. The van der Waals surface area contributed by atoms with Gasteiger partial charge in [-0.2, -0.15) is 0 Å². The minimum absolute atomic E-state index is 0.00158. The molecule has 9 heteroatoms. The van der Waals surface area contributed by atoms with Crippen LogP contribution in [0.5, 0.6) is 0 Å². The average Bonchev–Trinajstić information content (AvgIpc) is 3.06. The van der Waals surface area contributed by atoms with Crippen molar-refractivity contribution in [2.45, 2.75) is 57.7 Å². The van der Waals surface area contributed by atoms with E-state index in [1.165, 1.54) is 4.88 Å². The summed E-state index contributed by atoms with van der Waals surface area (Å²) in [6, 6.07) is -0.499. The van der Waals surface area contributed by atoms with Crippen LogP contribution in [0, 0.1) is 5.92 Å². The molecule has 0 radical (unpaired) electrons. The van der Waals surface area contributed by atoms with Crippen LogP contribution < -0.4 is 16.2 Å². The Morgan fingerprint density at radius 3 is 2.97 bits per heavy atom. The molecule has 0 bridgehead atoms. The summed E-state index contributed by atoms with van der Waals surface area (Å²) in [5, 5.41) is 6.15. The standard InChI is InChI=1S/C21H28N4O3S2/c1-4-6-9-22-20(28)23-16(26)12-29-21-24-18-17(19(27)25(21)10-5-2)14-8-7-13(3)11-15(14)30-18/h5,13H,2,4,6-12H2,1,3H3,(H2,22,23,26,28). The van der Waals surface area contributed by atoms with E-state index < -0.39 is 11.9 Å². The molecule has 30 heavy (non-hydrogen) atoms.